The first-order valence-corrected chi connectivity index (χ1v) is 11.6. The summed E-state index contributed by atoms with van der Waals surface area (Å²) in [6.45, 7) is 10.6. The van der Waals surface area contributed by atoms with E-state index in [1.54, 1.807) is 0 Å². The van der Waals surface area contributed by atoms with Gasteiger partial charge in [-0.05, 0) is 68.1 Å². The van der Waals surface area contributed by atoms with Crippen LogP contribution in [0.5, 0.6) is 0 Å². The molecule has 4 heteroatoms. The molecule has 3 aliphatic rings. The lowest BCUT2D eigenvalue weighted by Gasteiger charge is -2.44. The van der Waals surface area contributed by atoms with Crippen LogP contribution in [0.2, 0.25) is 0 Å². The molecule has 3 heterocycles. The first-order chi connectivity index (χ1) is 13.2. The van der Waals surface area contributed by atoms with Crippen LogP contribution in [0.4, 0.5) is 0 Å². The average Bonchev–Trinajstić information content (AvgIpc) is 3.19. The molecule has 2 saturated heterocycles. The highest BCUT2D eigenvalue weighted by Gasteiger charge is 2.36. The van der Waals surface area contributed by atoms with Crippen molar-refractivity contribution >= 4 is 29.1 Å². The number of nitrogens with zero attached hydrogens (tertiary/aromatic N) is 2. The van der Waals surface area contributed by atoms with Crippen LogP contribution in [0, 0.1) is 0 Å². The SMILES string of the molecule is C=C(c1ccc2c(c1)Sc1ccccc1S2)C(C)N1CCCN2CCCC21. The fourth-order valence-corrected chi connectivity index (χ4v) is 6.93. The fourth-order valence-electron chi connectivity index (χ4n) is 4.67. The van der Waals surface area contributed by atoms with Gasteiger partial charge < -0.3 is 0 Å². The van der Waals surface area contributed by atoms with Gasteiger partial charge in [-0.1, -0.05) is 48.3 Å². The number of fused-ring (bicyclic) bond motifs is 3. The molecule has 2 aromatic rings. The molecule has 140 valence electrons. The summed E-state index contributed by atoms with van der Waals surface area (Å²) in [5.74, 6) is 0. The molecule has 0 bridgehead atoms. The van der Waals surface area contributed by atoms with Crippen LogP contribution in [0.3, 0.4) is 0 Å². The molecule has 0 aliphatic carbocycles. The number of hydrogen-bond acceptors (Lipinski definition) is 4. The van der Waals surface area contributed by atoms with E-state index in [2.05, 4.69) is 65.8 Å². The topological polar surface area (TPSA) is 6.48 Å². The Labute approximate surface area is 171 Å². The van der Waals surface area contributed by atoms with E-state index in [1.165, 1.54) is 69.6 Å². The number of benzene rings is 2. The van der Waals surface area contributed by atoms with E-state index in [0.717, 1.165) is 0 Å². The van der Waals surface area contributed by atoms with Gasteiger partial charge in [0.1, 0.15) is 0 Å². The highest BCUT2D eigenvalue weighted by molar-refractivity contribution is 8.05. The minimum Gasteiger partial charge on any atom is -0.288 e. The summed E-state index contributed by atoms with van der Waals surface area (Å²) >= 11 is 3.78. The van der Waals surface area contributed by atoms with Gasteiger partial charge in [0, 0.05) is 38.7 Å². The fraction of sp³-hybridized carbons (Fsp3) is 0.391. The maximum atomic E-state index is 4.53. The molecule has 2 atom stereocenters. The third-order valence-electron chi connectivity index (χ3n) is 6.18. The Kier molecular flexibility index (Phi) is 4.85. The van der Waals surface area contributed by atoms with Crippen molar-refractivity contribution in [1.29, 1.82) is 0 Å². The van der Waals surface area contributed by atoms with Crippen molar-refractivity contribution in [1.82, 2.24) is 9.80 Å². The summed E-state index contributed by atoms with van der Waals surface area (Å²) in [7, 11) is 0. The second-order valence-corrected chi connectivity index (χ2v) is 9.93. The van der Waals surface area contributed by atoms with Crippen molar-refractivity contribution in [3.8, 4) is 0 Å². The van der Waals surface area contributed by atoms with Gasteiger partial charge in [0.15, 0.2) is 0 Å². The Morgan fingerprint density at radius 2 is 1.67 bits per heavy atom. The van der Waals surface area contributed by atoms with Crippen LogP contribution in [0.15, 0.2) is 68.6 Å². The molecule has 3 aliphatic heterocycles. The van der Waals surface area contributed by atoms with Crippen molar-refractivity contribution in [2.75, 3.05) is 19.6 Å². The number of rotatable bonds is 3. The van der Waals surface area contributed by atoms with E-state index >= 15 is 0 Å². The lowest BCUT2D eigenvalue weighted by atomic mass is 9.98. The Morgan fingerprint density at radius 3 is 2.48 bits per heavy atom. The van der Waals surface area contributed by atoms with Crippen molar-refractivity contribution < 1.29 is 0 Å². The largest absolute Gasteiger partial charge is 0.288 e. The van der Waals surface area contributed by atoms with Gasteiger partial charge in [-0.25, -0.2) is 0 Å². The Morgan fingerprint density at radius 1 is 0.963 bits per heavy atom. The summed E-state index contributed by atoms with van der Waals surface area (Å²) < 4.78 is 0. The average molecular weight is 395 g/mol. The lowest BCUT2D eigenvalue weighted by Crippen LogP contribution is -2.53. The molecule has 0 spiro atoms. The minimum atomic E-state index is 0.391. The van der Waals surface area contributed by atoms with E-state index in [0.29, 0.717) is 12.2 Å². The first kappa shape index (κ1) is 17.9. The molecule has 2 fully saturated rings. The highest BCUT2D eigenvalue weighted by atomic mass is 32.2. The molecule has 5 rings (SSSR count). The van der Waals surface area contributed by atoms with Gasteiger partial charge in [0.2, 0.25) is 0 Å². The molecular formula is C23H26N2S2. The molecule has 2 unspecified atom stereocenters. The Hall–Kier alpha value is -1.20. The van der Waals surface area contributed by atoms with Crippen LogP contribution in [-0.2, 0) is 0 Å². The molecule has 0 aromatic heterocycles. The molecule has 0 radical (unpaired) electrons. The Bertz CT molecular complexity index is 878. The summed E-state index contributed by atoms with van der Waals surface area (Å²) in [4.78, 5) is 10.8. The smallest absolute Gasteiger partial charge is 0.0628 e. The summed E-state index contributed by atoms with van der Waals surface area (Å²) in [6.07, 6.45) is 4.55. The van der Waals surface area contributed by atoms with E-state index in [1.807, 2.05) is 23.5 Å². The molecule has 0 saturated carbocycles. The van der Waals surface area contributed by atoms with Gasteiger partial charge in [0.25, 0.3) is 0 Å². The molecule has 2 nitrogen and oxygen atoms in total. The van der Waals surface area contributed by atoms with Crippen LogP contribution >= 0.6 is 23.5 Å². The summed E-state index contributed by atoms with van der Waals surface area (Å²) in [5, 5.41) is 0. The zero-order chi connectivity index (χ0) is 18.4. The lowest BCUT2D eigenvalue weighted by molar-refractivity contribution is 0.0226. The third-order valence-corrected chi connectivity index (χ3v) is 8.72. The Balaban J connectivity index is 1.38. The summed E-state index contributed by atoms with van der Waals surface area (Å²) in [5.41, 5.74) is 2.56. The van der Waals surface area contributed by atoms with E-state index < -0.39 is 0 Å². The van der Waals surface area contributed by atoms with E-state index in [-0.39, 0.29) is 0 Å². The third kappa shape index (κ3) is 3.27. The molecular weight excluding hydrogens is 368 g/mol. The van der Waals surface area contributed by atoms with Gasteiger partial charge in [-0.3, -0.25) is 9.80 Å². The molecule has 2 aromatic carbocycles. The zero-order valence-corrected chi connectivity index (χ0v) is 17.5. The van der Waals surface area contributed by atoms with Gasteiger partial charge in [-0.2, -0.15) is 0 Å². The normalized spacial score (nSPS) is 23.4. The van der Waals surface area contributed by atoms with Gasteiger partial charge in [0.05, 0.1) is 6.17 Å². The van der Waals surface area contributed by atoms with Crippen LogP contribution in [-0.4, -0.2) is 41.6 Å². The second kappa shape index (κ2) is 7.32. The molecule has 0 amide bonds. The van der Waals surface area contributed by atoms with Gasteiger partial charge in [-0.15, -0.1) is 0 Å². The van der Waals surface area contributed by atoms with E-state index in [4.69, 9.17) is 0 Å². The van der Waals surface area contributed by atoms with Crippen LogP contribution in [0.25, 0.3) is 5.57 Å². The highest BCUT2D eigenvalue weighted by Crippen LogP contribution is 2.49. The molecule has 0 N–H and O–H groups in total. The van der Waals surface area contributed by atoms with Crippen molar-refractivity contribution in [2.24, 2.45) is 0 Å². The monoisotopic (exact) mass is 394 g/mol. The van der Waals surface area contributed by atoms with Crippen molar-refractivity contribution in [3.63, 3.8) is 0 Å². The van der Waals surface area contributed by atoms with Crippen molar-refractivity contribution in [3.05, 3.63) is 54.6 Å². The van der Waals surface area contributed by atoms with E-state index in [9.17, 15) is 0 Å². The van der Waals surface area contributed by atoms with Crippen molar-refractivity contribution in [2.45, 2.75) is 58.0 Å². The maximum Gasteiger partial charge on any atom is 0.0628 e. The molecule has 27 heavy (non-hydrogen) atoms. The predicted octanol–water partition coefficient (Wildman–Crippen LogP) is 5.83. The van der Waals surface area contributed by atoms with Crippen LogP contribution < -0.4 is 0 Å². The zero-order valence-electron chi connectivity index (χ0n) is 15.9. The quantitative estimate of drug-likeness (QED) is 0.551. The second-order valence-electron chi connectivity index (χ2n) is 7.76. The first-order valence-electron chi connectivity index (χ1n) is 9.98. The minimum absolute atomic E-state index is 0.391. The maximum absolute atomic E-state index is 4.53. The predicted molar refractivity (Wildman–Crippen MR) is 116 cm³/mol. The van der Waals surface area contributed by atoms with Crippen LogP contribution in [0.1, 0.15) is 31.7 Å². The summed E-state index contributed by atoms with van der Waals surface area (Å²) in [6, 6.07) is 16.0. The van der Waals surface area contributed by atoms with Gasteiger partial charge >= 0.3 is 0 Å². The standard InChI is InChI=1S/C23H26N2S2/c1-16(17(2)25-14-6-13-24-12-5-9-23(24)25)18-10-11-21-22(15-18)27-20-8-4-3-7-19(20)26-21/h3-4,7-8,10-11,15,17,23H,1,5-6,9,12-14H2,2H3. The number of hydrogen-bond donors (Lipinski definition) is 0.